The number of hydrogen-bond donors (Lipinski definition) is 2. The Morgan fingerprint density at radius 3 is 2.35 bits per heavy atom. The summed E-state index contributed by atoms with van der Waals surface area (Å²) in [4.78, 5) is 3.82. The molecule has 7 rings (SSSR count). The number of nitrogens with one attached hydrogen (secondary N) is 2. The van der Waals surface area contributed by atoms with Crippen molar-refractivity contribution >= 4 is 11.8 Å². The molecule has 0 spiro atoms. The second-order valence-electron chi connectivity index (χ2n) is 10.2. The lowest BCUT2D eigenvalue weighted by Crippen LogP contribution is -2.28. The first kappa shape index (κ1) is 19.9. The van der Waals surface area contributed by atoms with Crippen LogP contribution < -0.4 is 5.32 Å². The van der Waals surface area contributed by atoms with Crippen molar-refractivity contribution in [1.82, 2.24) is 4.98 Å². The number of anilines is 1. The van der Waals surface area contributed by atoms with Gasteiger partial charge in [0.05, 0.1) is 0 Å². The normalized spacial score (nSPS) is 21.1. The van der Waals surface area contributed by atoms with E-state index in [0.29, 0.717) is 17.9 Å². The maximum absolute atomic E-state index is 3.92. The van der Waals surface area contributed by atoms with E-state index in [4.69, 9.17) is 0 Å². The average molecular weight is 443 g/mol. The van der Waals surface area contributed by atoms with Crippen molar-refractivity contribution in [3.63, 3.8) is 0 Å². The fourth-order valence-corrected chi connectivity index (χ4v) is 6.35. The van der Waals surface area contributed by atoms with Crippen LogP contribution in [0.1, 0.15) is 63.0 Å². The van der Waals surface area contributed by atoms with Crippen molar-refractivity contribution in [2.75, 3.05) is 5.32 Å². The summed E-state index contributed by atoms with van der Waals surface area (Å²) in [6.07, 6.45) is 10.4. The van der Waals surface area contributed by atoms with Crippen LogP contribution in [-0.4, -0.2) is 11.0 Å². The van der Waals surface area contributed by atoms with Crippen LogP contribution in [0.5, 0.6) is 0 Å². The Kier molecular flexibility index (Phi) is 4.72. The smallest absolute Gasteiger partial charge is 0.0417 e. The first-order valence-electron chi connectivity index (χ1n) is 12.7. The molecule has 2 N–H and O–H groups in total. The number of fused-ring (bicyclic) bond motifs is 8. The lowest BCUT2D eigenvalue weighted by molar-refractivity contribution is 0.605. The summed E-state index contributed by atoms with van der Waals surface area (Å²) in [5.41, 5.74) is 13.0. The molecule has 0 radical (unpaired) electrons. The Morgan fingerprint density at radius 1 is 0.794 bits per heavy atom. The zero-order chi connectivity index (χ0) is 22.5. The maximum Gasteiger partial charge on any atom is 0.0417 e. The molecule has 0 saturated heterocycles. The highest BCUT2D eigenvalue weighted by atomic mass is 15.0. The molecule has 1 aliphatic heterocycles. The number of hydrogen-bond acceptors (Lipinski definition) is 1. The minimum atomic E-state index is 0.482. The molecule has 4 aromatic rings. The number of rotatable bonds is 6. The van der Waals surface area contributed by atoms with Crippen molar-refractivity contribution in [2.24, 2.45) is 0 Å². The molecule has 0 saturated carbocycles. The van der Waals surface area contributed by atoms with E-state index in [-0.39, 0.29) is 0 Å². The third-order valence-corrected chi connectivity index (χ3v) is 8.09. The second-order valence-corrected chi connectivity index (χ2v) is 10.2. The van der Waals surface area contributed by atoms with Crippen LogP contribution in [0.4, 0.5) is 5.69 Å². The molecule has 2 heteroatoms. The molecule has 34 heavy (non-hydrogen) atoms. The van der Waals surface area contributed by atoms with Gasteiger partial charge in [0.1, 0.15) is 0 Å². The van der Waals surface area contributed by atoms with Gasteiger partial charge in [-0.3, -0.25) is 0 Å². The van der Waals surface area contributed by atoms with Gasteiger partial charge in [0.15, 0.2) is 0 Å². The summed E-state index contributed by atoms with van der Waals surface area (Å²) in [7, 11) is 0. The Bertz CT molecular complexity index is 1360. The van der Waals surface area contributed by atoms with E-state index in [0.717, 1.165) is 25.7 Å². The van der Waals surface area contributed by atoms with E-state index >= 15 is 0 Å². The van der Waals surface area contributed by atoms with Crippen LogP contribution in [0.25, 0.3) is 6.08 Å². The van der Waals surface area contributed by atoms with Crippen LogP contribution in [0.15, 0.2) is 84.9 Å². The van der Waals surface area contributed by atoms with Crippen molar-refractivity contribution in [1.29, 1.82) is 0 Å². The lowest BCUT2D eigenvalue weighted by atomic mass is 9.63. The number of benzene rings is 3. The number of H-pyrrole nitrogens is 1. The molecular formula is C32H30N2. The second kappa shape index (κ2) is 8.06. The zero-order valence-electron chi connectivity index (χ0n) is 19.4. The zero-order valence-corrected chi connectivity index (χ0v) is 19.4. The summed E-state index contributed by atoms with van der Waals surface area (Å²) in [5, 5.41) is 3.92. The number of aromatic nitrogens is 1. The number of aryl methyl sites for hydroxylation is 3. The quantitative estimate of drug-likeness (QED) is 0.330. The fourth-order valence-electron chi connectivity index (χ4n) is 6.35. The lowest BCUT2D eigenvalue weighted by Gasteiger charge is -2.41. The average Bonchev–Trinajstić information content (AvgIpc) is 3.47. The summed E-state index contributed by atoms with van der Waals surface area (Å²) < 4.78 is 0. The largest absolute Gasteiger partial charge is 0.381 e. The first-order chi connectivity index (χ1) is 16.8. The van der Waals surface area contributed by atoms with E-state index in [1.165, 1.54) is 51.3 Å². The van der Waals surface area contributed by atoms with Crippen LogP contribution in [0.2, 0.25) is 0 Å². The highest BCUT2D eigenvalue weighted by Crippen LogP contribution is 2.58. The van der Waals surface area contributed by atoms with E-state index < -0.39 is 0 Å². The molecule has 3 unspecified atom stereocenters. The molecule has 0 fully saturated rings. The van der Waals surface area contributed by atoms with Crippen LogP contribution in [-0.2, 0) is 25.7 Å². The first-order valence-corrected chi connectivity index (χ1v) is 12.7. The summed E-state index contributed by atoms with van der Waals surface area (Å²) >= 11 is 0. The van der Waals surface area contributed by atoms with Gasteiger partial charge >= 0.3 is 0 Å². The van der Waals surface area contributed by atoms with Crippen molar-refractivity contribution in [2.45, 2.75) is 50.0 Å². The molecule has 3 aromatic carbocycles. The minimum Gasteiger partial charge on any atom is -0.381 e. The van der Waals surface area contributed by atoms with Gasteiger partial charge in [-0.1, -0.05) is 84.9 Å². The molecule has 2 aliphatic carbocycles. The maximum atomic E-state index is 3.92. The van der Waals surface area contributed by atoms with Crippen molar-refractivity contribution in [3.05, 3.63) is 130 Å². The Labute approximate surface area is 201 Å². The van der Waals surface area contributed by atoms with Gasteiger partial charge in [0.2, 0.25) is 0 Å². The summed E-state index contributed by atoms with van der Waals surface area (Å²) in [5.74, 6) is 0.981. The SMILES string of the molecule is C1=CC2c3c(ccc4c3NC(CCc3ccccc3)C4)C2c2[nH]c(CCc3ccccc3)cc21. The molecule has 168 valence electrons. The van der Waals surface area contributed by atoms with E-state index in [2.05, 4.69) is 101 Å². The molecule has 2 heterocycles. The van der Waals surface area contributed by atoms with E-state index in [1.54, 1.807) is 5.56 Å². The molecule has 3 aliphatic rings. The van der Waals surface area contributed by atoms with Crippen LogP contribution in [0.3, 0.4) is 0 Å². The predicted molar refractivity (Wildman–Crippen MR) is 141 cm³/mol. The fraction of sp³-hybridized carbons (Fsp3) is 0.250. The number of allylic oxidation sites excluding steroid dienone is 1. The van der Waals surface area contributed by atoms with Gasteiger partial charge in [0, 0.05) is 35.0 Å². The van der Waals surface area contributed by atoms with Gasteiger partial charge in [-0.2, -0.15) is 0 Å². The Morgan fingerprint density at radius 2 is 1.56 bits per heavy atom. The van der Waals surface area contributed by atoms with Crippen molar-refractivity contribution in [3.8, 4) is 0 Å². The minimum absolute atomic E-state index is 0.482. The predicted octanol–water partition coefficient (Wildman–Crippen LogP) is 7.03. The van der Waals surface area contributed by atoms with Crippen LogP contribution in [0, 0.1) is 0 Å². The standard InChI is InChI=1S/C32H30N2/c1-3-7-21(8-4-1)11-15-25-19-23-13-17-27-29(31(23)33-25)28-18-14-24-20-26(34-32(24)30(27)28)16-12-22-9-5-2-6-10-22/h1-10,13-14,17-19,26-27,29,33-34H,11-12,15-16,20H2. The Balaban J connectivity index is 1.09. The molecule has 0 amide bonds. The Hall–Kier alpha value is -3.52. The van der Waals surface area contributed by atoms with E-state index in [9.17, 15) is 0 Å². The van der Waals surface area contributed by atoms with Gasteiger partial charge < -0.3 is 10.3 Å². The molecule has 1 aromatic heterocycles. The molecule has 3 atom stereocenters. The third kappa shape index (κ3) is 3.32. The van der Waals surface area contributed by atoms with Gasteiger partial charge in [-0.25, -0.2) is 0 Å². The molecular weight excluding hydrogens is 412 g/mol. The highest BCUT2D eigenvalue weighted by molar-refractivity contribution is 5.77. The summed E-state index contributed by atoms with van der Waals surface area (Å²) in [6.45, 7) is 0. The molecule has 0 bridgehead atoms. The summed E-state index contributed by atoms with van der Waals surface area (Å²) in [6, 6.07) is 29.4. The van der Waals surface area contributed by atoms with Crippen molar-refractivity contribution < 1.29 is 0 Å². The monoisotopic (exact) mass is 442 g/mol. The third-order valence-electron chi connectivity index (χ3n) is 8.09. The molecule has 2 nitrogen and oxygen atoms in total. The van der Waals surface area contributed by atoms with Crippen LogP contribution >= 0.6 is 0 Å². The van der Waals surface area contributed by atoms with Gasteiger partial charge in [-0.05, 0) is 71.6 Å². The van der Waals surface area contributed by atoms with E-state index in [1.807, 2.05) is 0 Å². The number of aromatic amines is 1. The van der Waals surface area contributed by atoms with Gasteiger partial charge in [-0.15, -0.1) is 0 Å². The van der Waals surface area contributed by atoms with Gasteiger partial charge in [0.25, 0.3) is 0 Å². The topological polar surface area (TPSA) is 27.8 Å². The highest BCUT2D eigenvalue weighted by Gasteiger charge is 2.44.